The lowest BCUT2D eigenvalue weighted by Gasteiger charge is -2.38. The summed E-state index contributed by atoms with van der Waals surface area (Å²) in [5.41, 5.74) is 4.12. The highest BCUT2D eigenvalue weighted by molar-refractivity contribution is 14.1. The monoisotopic (exact) mass is 508 g/mol. The second kappa shape index (κ2) is 7.34. The van der Waals surface area contributed by atoms with Gasteiger partial charge in [0.2, 0.25) is 0 Å². The molecule has 1 heterocycles. The number of hydrogen-bond acceptors (Lipinski definition) is 2. The Hall–Kier alpha value is -1.76. The SMILES string of the molecule is Cc1cccc(N2C(=O)c3cc(I)ccc3NC2c2ccc(Cl)cc2Cl)c1. The molecule has 3 aromatic carbocycles. The van der Waals surface area contributed by atoms with Crippen molar-refractivity contribution in [1.29, 1.82) is 0 Å². The lowest BCUT2D eigenvalue weighted by molar-refractivity contribution is 0.0975. The number of amides is 1. The Morgan fingerprint density at radius 3 is 2.59 bits per heavy atom. The Morgan fingerprint density at radius 2 is 1.85 bits per heavy atom. The predicted octanol–water partition coefficient (Wildman–Crippen LogP) is 6.68. The molecule has 1 aliphatic rings. The number of carbonyl (C=O) groups excluding carboxylic acids is 1. The predicted molar refractivity (Wildman–Crippen MR) is 120 cm³/mol. The number of carbonyl (C=O) groups is 1. The van der Waals surface area contributed by atoms with E-state index in [9.17, 15) is 4.79 Å². The number of anilines is 2. The van der Waals surface area contributed by atoms with E-state index in [1.165, 1.54) is 0 Å². The lowest BCUT2D eigenvalue weighted by atomic mass is 10.0. The number of benzene rings is 3. The van der Waals surface area contributed by atoms with E-state index in [0.717, 1.165) is 26.1 Å². The highest BCUT2D eigenvalue weighted by atomic mass is 127. The fourth-order valence-corrected chi connectivity index (χ4v) is 4.27. The fraction of sp³-hybridized carbons (Fsp3) is 0.0952. The van der Waals surface area contributed by atoms with Crippen molar-refractivity contribution in [2.24, 2.45) is 0 Å². The molecule has 1 aliphatic heterocycles. The largest absolute Gasteiger partial charge is 0.360 e. The molecule has 0 saturated heterocycles. The van der Waals surface area contributed by atoms with E-state index in [0.29, 0.717) is 15.6 Å². The number of aryl methyl sites for hydroxylation is 1. The Balaban J connectivity index is 1.91. The van der Waals surface area contributed by atoms with Gasteiger partial charge in [-0.05, 0) is 77.5 Å². The van der Waals surface area contributed by atoms with Gasteiger partial charge in [-0.3, -0.25) is 9.69 Å². The average molecular weight is 509 g/mol. The van der Waals surface area contributed by atoms with Crippen LogP contribution in [0.3, 0.4) is 0 Å². The third-order valence-electron chi connectivity index (χ3n) is 4.52. The van der Waals surface area contributed by atoms with Crippen LogP contribution in [0.1, 0.15) is 27.7 Å². The third-order valence-corrected chi connectivity index (χ3v) is 5.75. The van der Waals surface area contributed by atoms with Crippen LogP contribution in [0.15, 0.2) is 60.7 Å². The molecule has 1 N–H and O–H groups in total. The summed E-state index contributed by atoms with van der Waals surface area (Å²) in [4.78, 5) is 15.2. The first-order chi connectivity index (χ1) is 12.9. The molecule has 3 aromatic rings. The van der Waals surface area contributed by atoms with Gasteiger partial charge in [0.25, 0.3) is 5.91 Å². The number of hydrogen-bond donors (Lipinski definition) is 1. The third kappa shape index (κ3) is 3.53. The van der Waals surface area contributed by atoms with Crippen molar-refractivity contribution >= 4 is 63.1 Å². The maximum Gasteiger partial charge on any atom is 0.262 e. The van der Waals surface area contributed by atoms with Crippen molar-refractivity contribution in [3.8, 4) is 0 Å². The fourth-order valence-electron chi connectivity index (χ4n) is 3.26. The van der Waals surface area contributed by atoms with E-state index in [1.807, 2.05) is 55.5 Å². The van der Waals surface area contributed by atoms with Gasteiger partial charge < -0.3 is 5.32 Å². The van der Waals surface area contributed by atoms with E-state index in [4.69, 9.17) is 23.2 Å². The molecule has 0 spiro atoms. The molecule has 136 valence electrons. The normalized spacial score (nSPS) is 16.1. The maximum absolute atomic E-state index is 13.5. The number of nitrogens with one attached hydrogen (secondary N) is 1. The molecule has 0 aromatic heterocycles. The van der Waals surface area contributed by atoms with Crippen LogP contribution in [0.5, 0.6) is 0 Å². The summed E-state index contributed by atoms with van der Waals surface area (Å²) in [6, 6.07) is 19.0. The standard InChI is InChI=1S/C21H15Cl2IN2O/c1-12-3-2-4-15(9-12)26-20(16-7-5-13(22)10-18(16)23)25-19-8-6-14(24)11-17(19)21(26)27/h2-11,20,25H,1H3. The minimum absolute atomic E-state index is 0.0658. The Kier molecular flexibility index (Phi) is 5.05. The minimum Gasteiger partial charge on any atom is -0.360 e. The van der Waals surface area contributed by atoms with Crippen molar-refractivity contribution in [3.63, 3.8) is 0 Å². The van der Waals surface area contributed by atoms with Gasteiger partial charge in [0.1, 0.15) is 6.17 Å². The van der Waals surface area contributed by atoms with Gasteiger partial charge >= 0.3 is 0 Å². The number of fused-ring (bicyclic) bond motifs is 1. The molecule has 0 fully saturated rings. The molecular weight excluding hydrogens is 494 g/mol. The Labute approximate surface area is 181 Å². The first-order valence-corrected chi connectivity index (χ1v) is 10.2. The average Bonchev–Trinajstić information content (AvgIpc) is 2.62. The van der Waals surface area contributed by atoms with Gasteiger partial charge in [0.05, 0.1) is 5.56 Å². The van der Waals surface area contributed by atoms with Crippen LogP contribution in [-0.4, -0.2) is 5.91 Å². The van der Waals surface area contributed by atoms with Crippen molar-refractivity contribution in [1.82, 2.24) is 0 Å². The van der Waals surface area contributed by atoms with E-state index in [1.54, 1.807) is 17.0 Å². The summed E-state index contributed by atoms with van der Waals surface area (Å²) in [6.45, 7) is 2.01. The molecule has 6 heteroatoms. The second-order valence-corrected chi connectivity index (χ2v) is 8.51. The van der Waals surface area contributed by atoms with Crippen molar-refractivity contribution in [2.45, 2.75) is 13.1 Å². The molecular formula is C21H15Cl2IN2O. The van der Waals surface area contributed by atoms with Gasteiger partial charge in [-0.15, -0.1) is 0 Å². The molecule has 0 bridgehead atoms. The Bertz CT molecular complexity index is 1050. The molecule has 1 amide bonds. The molecule has 1 unspecified atom stereocenters. The van der Waals surface area contributed by atoms with E-state index >= 15 is 0 Å². The highest BCUT2D eigenvalue weighted by Gasteiger charge is 2.35. The molecule has 3 nitrogen and oxygen atoms in total. The molecule has 0 saturated carbocycles. The molecule has 0 aliphatic carbocycles. The van der Waals surface area contributed by atoms with Crippen LogP contribution in [-0.2, 0) is 0 Å². The first-order valence-electron chi connectivity index (χ1n) is 8.35. The zero-order valence-corrected chi connectivity index (χ0v) is 18.0. The summed E-state index contributed by atoms with van der Waals surface area (Å²) in [7, 11) is 0. The maximum atomic E-state index is 13.5. The van der Waals surface area contributed by atoms with Crippen LogP contribution >= 0.6 is 45.8 Å². The Morgan fingerprint density at radius 1 is 1.04 bits per heavy atom. The highest BCUT2D eigenvalue weighted by Crippen LogP contribution is 2.40. The summed E-state index contributed by atoms with van der Waals surface area (Å²) < 4.78 is 1.01. The molecule has 0 radical (unpaired) electrons. The summed E-state index contributed by atoms with van der Waals surface area (Å²) >= 11 is 14.8. The van der Waals surface area contributed by atoms with Gasteiger partial charge in [0.15, 0.2) is 0 Å². The van der Waals surface area contributed by atoms with Crippen LogP contribution in [0.25, 0.3) is 0 Å². The van der Waals surface area contributed by atoms with Crippen LogP contribution < -0.4 is 10.2 Å². The summed E-state index contributed by atoms with van der Waals surface area (Å²) in [5, 5.41) is 4.55. The van der Waals surface area contributed by atoms with Gasteiger partial charge in [0, 0.05) is 30.6 Å². The van der Waals surface area contributed by atoms with Gasteiger partial charge in [-0.25, -0.2) is 0 Å². The van der Waals surface area contributed by atoms with Crippen LogP contribution in [0, 0.1) is 10.5 Å². The number of rotatable bonds is 2. The topological polar surface area (TPSA) is 32.3 Å². The second-order valence-electron chi connectivity index (χ2n) is 6.42. The van der Waals surface area contributed by atoms with Crippen LogP contribution in [0.4, 0.5) is 11.4 Å². The number of halogens is 3. The minimum atomic E-state index is -0.434. The first kappa shape index (κ1) is 18.6. The van der Waals surface area contributed by atoms with Gasteiger partial charge in [-0.2, -0.15) is 0 Å². The van der Waals surface area contributed by atoms with Crippen molar-refractivity contribution in [2.75, 3.05) is 10.2 Å². The van der Waals surface area contributed by atoms with E-state index in [-0.39, 0.29) is 5.91 Å². The molecule has 27 heavy (non-hydrogen) atoms. The quantitative estimate of drug-likeness (QED) is 0.392. The van der Waals surface area contributed by atoms with Gasteiger partial charge in [-0.1, -0.05) is 41.4 Å². The lowest BCUT2D eigenvalue weighted by Crippen LogP contribution is -2.43. The van der Waals surface area contributed by atoms with E-state index < -0.39 is 6.17 Å². The zero-order chi connectivity index (χ0) is 19.1. The molecule has 1 atom stereocenters. The smallest absolute Gasteiger partial charge is 0.262 e. The van der Waals surface area contributed by atoms with Crippen molar-refractivity contribution < 1.29 is 4.79 Å². The summed E-state index contributed by atoms with van der Waals surface area (Å²) in [6.07, 6.45) is -0.434. The molecule has 4 rings (SSSR count). The van der Waals surface area contributed by atoms with Crippen LogP contribution in [0.2, 0.25) is 10.0 Å². The zero-order valence-electron chi connectivity index (χ0n) is 14.3. The number of nitrogens with zero attached hydrogens (tertiary/aromatic N) is 1. The van der Waals surface area contributed by atoms with E-state index in [2.05, 4.69) is 27.9 Å². The van der Waals surface area contributed by atoms with Crippen molar-refractivity contribution in [3.05, 3.63) is 91.0 Å². The summed E-state index contributed by atoms with van der Waals surface area (Å²) in [5.74, 6) is -0.0658.